The number of nitrogens with one attached hydrogen (secondary N) is 1. The van der Waals surface area contributed by atoms with E-state index in [1.807, 2.05) is 0 Å². The van der Waals surface area contributed by atoms with Gasteiger partial charge in [0.25, 0.3) is 15.9 Å². The molecule has 0 radical (unpaired) electrons. The predicted molar refractivity (Wildman–Crippen MR) is 119 cm³/mol. The number of hydrogen-bond donors (Lipinski definition) is 1. The summed E-state index contributed by atoms with van der Waals surface area (Å²) in [5.41, 5.74) is 0.988. The van der Waals surface area contributed by atoms with Gasteiger partial charge in [-0.3, -0.25) is 9.10 Å². The summed E-state index contributed by atoms with van der Waals surface area (Å²) in [6.07, 6.45) is 4.46. The molecule has 2 aromatic carbocycles. The van der Waals surface area contributed by atoms with Crippen LogP contribution in [0.2, 0.25) is 5.02 Å². The monoisotopic (exact) mass is 436 g/mol. The lowest BCUT2D eigenvalue weighted by Crippen LogP contribution is -2.29. The number of nitrogens with zero attached hydrogens (tertiary/aromatic N) is 1. The van der Waals surface area contributed by atoms with Crippen molar-refractivity contribution < 1.29 is 13.2 Å². The molecule has 0 aliphatic carbocycles. The molecule has 0 bridgehead atoms. The number of carbonyl (C=O) groups is 1. The maximum atomic E-state index is 12.8. The number of halogens is 1. The normalized spacial score (nSPS) is 12.4. The average molecular weight is 437 g/mol. The Morgan fingerprint density at radius 1 is 1.07 bits per heavy atom. The van der Waals surface area contributed by atoms with Gasteiger partial charge < -0.3 is 5.32 Å². The highest BCUT2D eigenvalue weighted by Gasteiger charge is 2.21. The van der Waals surface area contributed by atoms with E-state index >= 15 is 0 Å². The van der Waals surface area contributed by atoms with E-state index in [9.17, 15) is 13.2 Å². The molecule has 7 heteroatoms. The zero-order chi connectivity index (χ0) is 21.4. The highest BCUT2D eigenvalue weighted by Crippen LogP contribution is 2.23. The van der Waals surface area contributed by atoms with Crippen LogP contribution in [0.3, 0.4) is 0 Å². The Morgan fingerprint density at radius 2 is 1.69 bits per heavy atom. The van der Waals surface area contributed by atoms with Gasteiger partial charge in [0.05, 0.1) is 10.6 Å². The van der Waals surface area contributed by atoms with Crippen molar-refractivity contribution in [2.45, 2.75) is 44.4 Å². The molecule has 5 nitrogen and oxygen atoms in total. The van der Waals surface area contributed by atoms with E-state index in [1.165, 1.54) is 23.5 Å². The van der Waals surface area contributed by atoms with Crippen LogP contribution in [0.5, 0.6) is 0 Å². The molecule has 0 aromatic heterocycles. The molecule has 29 heavy (non-hydrogen) atoms. The lowest BCUT2D eigenvalue weighted by molar-refractivity contribution is 0.0946. The van der Waals surface area contributed by atoms with Crippen molar-refractivity contribution in [3.8, 4) is 0 Å². The van der Waals surface area contributed by atoms with Gasteiger partial charge in [0, 0.05) is 24.2 Å². The standard InChI is InChI=1S/C22H29ClN2O3S/c1-4-6-7-17(5-2)16-24-22(26)18-8-12-20(13-9-18)25(3)29(27,28)21-14-10-19(23)11-15-21/h8-15,17H,4-7,16H2,1-3H3,(H,24,26)/t17-/m0/s1. The fourth-order valence-corrected chi connectivity index (χ4v) is 4.33. The van der Waals surface area contributed by atoms with E-state index in [0.29, 0.717) is 28.7 Å². The van der Waals surface area contributed by atoms with Crippen LogP contribution in [0.15, 0.2) is 53.4 Å². The van der Waals surface area contributed by atoms with Gasteiger partial charge >= 0.3 is 0 Å². The van der Waals surface area contributed by atoms with Crippen LogP contribution < -0.4 is 9.62 Å². The summed E-state index contributed by atoms with van der Waals surface area (Å²) in [4.78, 5) is 12.6. The Labute approximate surface area is 179 Å². The van der Waals surface area contributed by atoms with Crippen molar-refractivity contribution in [3.63, 3.8) is 0 Å². The number of unbranched alkanes of at least 4 members (excludes halogenated alkanes) is 1. The van der Waals surface area contributed by atoms with Crippen LogP contribution in [-0.2, 0) is 10.0 Å². The molecular weight excluding hydrogens is 408 g/mol. The van der Waals surface area contributed by atoms with Crippen molar-refractivity contribution in [1.29, 1.82) is 0 Å². The van der Waals surface area contributed by atoms with Gasteiger partial charge in [0.2, 0.25) is 0 Å². The van der Waals surface area contributed by atoms with Crippen molar-refractivity contribution in [1.82, 2.24) is 5.32 Å². The van der Waals surface area contributed by atoms with E-state index < -0.39 is 10.0 Å². The number of anilines is 1. The maximum absolute atomic E-state index is 12.8. The van der Waals surface area contributed by atoms with Crippen molar-refractivity contribution in [2.24, 2.45) is 5.92 Å². The Balaban J connectivity index is 2.05. The van der Waals surface area contributed by atoms with Gasteiger partial charge in [-0.15, -0.1) is 0 Å². The second-order valence-corrected chi connectivity index (χ2v) is 9.51. The number of benzene rings is 2. The molecule has 1 N–H and O–H groups in total. The van der Waals surface area contributed by atoms with Gasteiger partial charge in [0.15, 0.2) is 0 Å². The minimum atomic E-state index is -3.70. The Hall–Kier alpha value is -2.05. The molecule has 0 saturated carbocycles. The predicted octanol–water partition coefficient (Wildman–Crippen LogP) is 5.11. The maximum Gasteiger partial charge on any atom is 0.264 e. The SMILES string of the molecule is CCCC[C@H](CC)CNC(=O)c1ccc(N(C)S(=O)(=O)c2ccc(Cl)cc2)cc1. The summed E-state index contributed by atoms with van der Waals surface area (Å²) in [6.45, 7) is 4.96. The van der Waals surface area contributed by atoms with E-state index in [0.717, 1.165) is 25.7 Å². The Morgan fingerprint density at radius 3 is 2.24 bits per heavy atom. The van der Waals surface area contributed by atoms with Crippen molar-refractivity contribution >= 4 is 33.2 Å². The lowest BCUT2D eigenvalue weighted by Gasteiger charge is -2.20. The van der Waals surface area contributed by atoms with Crippen LogP contribution in [0.4, 0.5) is 5.69 Å². The van der Waals surface area contributed by atoms with Gasteiger partial charge in [-0.25, -0.2) is 8.42 Å². The molecule has 2 aromatic rings. The average Bonchev–Trinajstić information content (AvgIpc) is 2.73. The third-order valence-electron chi connectivity index (χ3n) is 5.06. The molecule has 0 spiro atoms. The number of sulfonamides is 1. The van der Waals surface area contributed by atoms with Gasteiger partial charge in [0.1, 0.15) is 0 Å². The molecule has 1 amide bonds. The Kier molecular flexibility index (Phi) is 8.53. The number of carbonyl (C=O) groups excluding carboxylic acids is 1. The van der Waals surface area contributed by atoms with Crippen LogP contribution >= 0.6 is 11.6 Å². The van der Waals surface area contributed by atoms with Crippen LogP contribution in [0.25, 0.3) is 0 Å². The third kappa shape index (κ3) is 6.21. The van der Waals surface area contributed by atoms with Gasteiger partial charge in [-0.05, 0) is 60.9 Å². The molecule has 2 rings (SSSR count). The highest BCUT2D eigenvalue weighted by molar-refractivity contribution is 7.92. The first-order valence-corrected chi connectivity index (χ1v) is 11.7. The molecule has 1 atom stereocenters. The third-order valence-corrected chi connectivity index (χ3v) is 7.11. The second kappa shape index (κ2) is 10.6. The minimum Gasteiger partial charge on any atom is -0.352 e. The zero-order valence-electron chi connectivity index (χ0n) is 17.2. The van der Waals surface area contributed by atoms with E-state index in [1.54, 1.807) is 36.4 Å². The van der Waals surface area contributed by atoms with Gasteiger partial charge in [-0.2, -0.15) is 0 Å². The van der Waals surface area contributed by atoms with Crippen LogP contribution in [0, 0.1) is 5.92 Å². The summed E-state index contributed by atoms with van der Waals surface area (Å²) in [5, 5.41) is 3.46. The summed E-state index contributed by atoms with van der Waals surface area (Å²) in [7, 11) is -2.22. The molecule has 0 aliphatic heterocycles. The fourth-order valence-electron chi connectivity index (χ4n) is 3.01. The largest absolute Gasteiger partial charge is 0.352 e. The van der Waals surface area contributed by atoms with E-state index in [4.69, 9.17) is 11.6 Å². The first kappa shape index (κ1) is 23.2. The lowest BCUT2D eigenvalue weighted by atomic mass is 9.99. The summed E-state index contributed by atoms with van der Waals surface area (Å²) in [5.74, 6) is 0.337. The summed E-state index contributed by atoms with van der Waals surface area (Å²) in [6, 6.07) is 12.6. The highest BCUT2D eigenvalue weighted by atomic mass is 35.5. The minimum absolute atomic E-state index is 0.144. The summed E-state index contributed by atoms with van der Waals surface area (Å²) >= 11 is 5.84. The fraction of sp³-hybridized carbons (Fsp3) is 0.409. The van der Waals surface area contributed by atoms with Crippen LogP contribution in [-0.4, -0.2) is 27.9 Å². The van der Waals surface area contributed by atoms with E-state index in [2.05, 4.69) is 19.2 Å². The molecular formula is C22H29ClN2O3S. The first-order valence-electron chi connectivity index (χ1n) is 9.92. The Bertz CT molecular complexity index is 897. The quantitative estimate of drug-likeness (QED) is 0.562. The van der Waals surface area contributed by atoms with Crippen molar-refractivity contribution in [3.05, 3.63) is 59.1 Å². The molecule has 0 heterocycles. The molecule has 158 valence electrons. The first-order chi connectivity index (χ1) is 13.8. The smallest absolute Gasteiger partial charge is 0.264 e. The zero-order valence-corrected chi connectivity index (χ0v) is 18.8. The van der Waals surface area contributed by atoms with Gasteiger partial charge in [-0.1, -0.05) is 44.7 Å². The molecule has 0 unspecified atom stereocenters. The number of hydrogen-bond acceptors (Lipinski definition) is 3. The van der Waals surface area contributed by atoms with Crippen LogP contribution in [0.1, 0.15) is 49.9 Å². The topological polar surface area (TPSA) is 66.5 Å². The number of rotatable bonds is 10. The molecule has 0 saturated heterocycles. The molecule has 0 aliphatic rings. The number of amides is 1. The summed E-state index contributed by atoms with van der Waals surface area (Å²) < 4.78 is 26.7. The van der Waals surface area contributed by atoms with Crippen molar-refractivity contribution in [2.75, 3.05) is 17.9 Å². The second-order valence-electron chi connectivity index (χ2n) is 7.10. The van der Waals surface area contributed by atoms with E-state index in [-0.39, 0.29) is 10.8 Å². The molecule has 0 fully saturated rings.